The van der Waals surface area contributed by atoms with Crippen molar-refractivity contribution in [3.05, 3.63) is 38.5 Å². The lowest BCUT2D eigenvalue weighted by molar-refractivity contribution is -0.201. The summed E-state index contributed by atoms with van der Waals surface area (Å²) < 4.78 is 16.3. The molecule has 232 valence electrons. The largest absolute Gasteiger partial charge is 0.502 e. The van der Waals surface area contributed by atoms with Crippen LogP contribution in [0.25, 0.3) is 0 Å². The average Bonchev–Trinajstić information content (AvgIpc) is 2.89. The maximum atomic E-state index is 10.5. The van der Waals surface area contributed by atoms with E-state index < -0.39 is 5.60 Å². The predicted octanol–water partition coefficient (Wildman–Crippen LogP) is 6.65. The van der Waals surface area contributed by atoms with Crippen LogP contribution in [0.1, 0.15) is 103 Å². The topological polar surface area (TPSA) is 88.4 Å². The predicted molar refractivity (Wildman–Crippen MR) is 161 cm³/mol. The Bertz CT molecular complexity index is 878. The molecule has 0 aromatic rings. The highest BCUT2D eigenvalue weighted by Crippen LogP contribution is 2.62. The molecule has 0 spiro atoms. The van der Waals surface area contributed by atoms with E-state index in [9.17, 15) is 10.2 Å². The van der Waals surface area contributed by atoms with Gasteiger partial charge in [-0.15, -0.1) is 0 Å². The SMILES string of the molecule is C=COC12CC3CC(CC(O)(C3)C1)C2.C=COCC12CC3CC(CC(O)(C3)C1)C2.C=COCC1CCC(CO)CC1. The van der Waals surface area contributed by atoms with Crippen LogP contribution in [0.15, 0.2) is 38.5 Å². The maximum Gasteiger partial charge on any atom is 0.111 e. The van der Waals surface area contributed by atoms with E-state index in [0.29, 0.717) is 30.3 Å². The van der Waals surface area contributed by atoms with Crippen LogP contribution < -0.4 is 0 Å². The van der Waals surface area contributed by atoms with Crippen molar-refractivity contribution >= 4 is 0 Å². The van der Waals surface area contributed by atoms with Crippen LogP contribution in [0.2, 0.25) is 0 Å². The molecular weight excluding hydrogens is 516 g/mol. The number of hydrogen-bond donors (Lipinski definition) is 3. The Morgan fingerprint density at radius 3 is 1.61 bits per heavy atom. The molecule has 3 N–H and O–H groups in total. The van der Waals surface area contributed by atoms with Crippen LogP contribution >= 0.6 is 0 Å². The van der Waals surface area contributed by atoms with Gasteiger partial charge in [-0.25, -0.2) is 0 Å². The summed E-state index contributed by atoms with van der Waals surface area (Å²) in [6.07, 6.45) is 22.7. The second-order valence-corrected chi connectivity index (χ2v) is 15.4. The monoisotopic (exact) mass is 572 g/mol. The molecule has 0 amide bonds. The number of ether oxygens (including phenoxy) is 3. The van der Waals surface area contributed by atoms with E-state index in [1.807, 2.05) is 0 Å². The van der Waals surface area contributed by atoms with Gasteiger partial charge in [0.05, 0.1) is 43.2 Å². The number of aliphatic hydroxyl groups excluding tert-OH is 1. The van der Waals surface area contributed by atoms with Gasteiger partial charge in [-0.2, -0.15) is 0 Å². The Labute approximate surface area is 248 Å². The normalized spacial score (nSPS) is 46.3. The summed E-state index contributed by atoms with van der Waals surface area (Å²) in [6.45, 7) is 12.7. The molecule has 9 fully saturated rings. The first kappa shape index (κ1) is 30.9. The first-order valence-electron chi connectivity index (χ1n) is 16.4. The first-order valence-corrected chi connectivity index (χ1v) is 16.4. The Balaban J connectivity index is 0.000000125. The van der Waals surface area contributed by atoms with E-state index in [-0.39, 0.29) is 16.6 Å². The third-order valence-electron chi connectivity index (χ3n) is 11.6. The molecular formula is C35H56O6. The lowest BCUT2D eigenvalue weighted by Gasteiger charge is -2.59. The van der Waals surface area contributed by atoms with Gasteiger partial charge in [0.15, 0.2) is 0 Å². The zero-order chi connectivity index (χ0) is 29.1. The van der Waals surface area contributed by atoms with Gasteiger partial charge in [0.25, 0.3) is 0 Å². The Morgan fingerprint density at radius 1 is 0.634 bits per heavy atom. The lowest BCUT2D eigenvalue weighted by atomic mass is 9.48. The standard InChI is InChI=1S/C13H20O2.C12H18O2.C10H18O2/c1-2-15-9-12-4-10-3-11(5-12)7-13(14,6-10)8-12;1-2-14-12-6-9-3-10(7-12)5-11(13,4-9)8-12;1-2-12-8-10-5-3-9(7-11)4-6-10/h2,10-11,14H,1,3-9H2;2,9-10,13H,1,3-8H2;2,9-11H,1,3-8H2. The van der Waals surface area contributed by atoms with E-state index in [1.165, 1.54) is 44.8 Å². The van der Waals surface area contributed by atoms with Crippen molar-refractivity contribution in [2.75, 3.05) is 19.8 Å². The van der Waals surface area contributed by atoms with E-state index >= 15 is 0 Å². The molecule has 8 bridgehead atoms. The Hall–Kier alpha value is -1.50. The first-order chi connectivity index (χ1) is 19.6. The second kappa shape index (κ2) is 12.6. The summed E-state index contributed by atoms with van der Waals surface area (Å²) in [5.74, 6) is 4.13. The summed E-state index contributed by atoms with van der Waals surface area (Å²) in [7, 11) is 0. The quantitative estimate of drug-likeness (QED) is 0.268. The van der Waals surface area contributed by atoms with Gasteiger partial charge in [0, 0.05) is 18.4 Å². The molecule has 0 aromatic carbocycles. The van der Waals surface area contributed by atoms with Gasteiger partial charge in [-0.3, -0.25) is 0 Å². The highest BCUT2D eigenvalue weighted by atomic mass is 16.5. The molecule has 0 saturated heterocycles. The van der Waals surface area contributed by atoms with Gasteiger partial charge in [0.2, 0.25) is 0 Å². The molecule has 6 heteroatoms. The molecule has 0 heterocycles. The van der Waals surface area contributed by atoms with E-state index in [2.05, 4.69) is 19.7 Å². The molecule has 41 heavy (non-hydrogen) atoms. The van der Waals surface area contributed by atoms with Crippen molar-refractivity contribution < 1.29 is 29.5 Å². The van der Waals surface area contributed by atoms with E-state index in [4.69, 9.17) is 19.3 Å². The van der Waals surface area contributed by atoms with Gasteiger partial charge in [0.1, 0.15) is 5.60 Å². The van der Waals surface area contributed by atoms with Crippen LogP contribution in [0.3, 0.4) is 0 Å². The smallest absolute Gasteiger partial charge is 0.111 e. The van der Waals surface area contributed by atoms with Crippen LogP contribution in [-0.2, 0) is 14.2 Å². The van der Waals surface area contributed by atoms with Crippen LogP contribution in [-0.4, -0.2) is 51.9 Å². The minimum absolute atomic E-state index is 0.0550. The van der Waals surface area contributed by atoms with Gasteiger partial charge in [-0.1, -0.05) is 19.7 Å². The molecule has 0 radical (unpaired) electrons. The van der Waals surface area contributed by atoms with Crippen LogP contribution in [0.5, 0.6) is 0 Å². The highest BCUT2D eigenvalue weighted by molar-refractivity contribution is 5.10. The molecule has 0 aromatic heterocycles. The fourth-order valence-electron chi connectivity index (χ4n) is 11.0. The summed E-state index contributed by atoms with van der Waals surface area (Å²) in [6, 6.07) is 0. The van der Waals surface area contributed by atoms with Gasteiger partial charge in [-0.05, 0) is 132 Å². The molecule has 9 aliphatic carbocycles. The summed E-state index contributed by atoms with van der Waals surface area (Å²) >= 11 is 0. The molecule has 9 saturated carbocycles. The minimum Gasteiger partial charge on any atom is -0.502 e. The summed E-state index contributed by atoms with van der Waals surface area (Å²) in [5.41, 5.74) is -0.546. The van der Waals surface area contributed by atoms with Crippen LogP contribution in [0.4, 0.5) is 0 Å². The highest BCUT2D eigenvalue weighted by Gasteiger charge is 2.59. The Morgan fingerprint density at radius 2 is 1.15 bits per heavy atom. The van der Waals surface area contributed by atoms with Crippen molar-refractivity contribution in [3.63, 3.8) is 0 Å². The number of rotatable bonds is 9. The average molecular weight is 573 g/mol. The van der Waals surface area contributed by atoms with E-state index in [0.717, 1.165) is 89.3 Å². The minimum atomic E-state index is -0.410. The zero-order valence-corrected chi connectivity index (χ0v) is 25.3. The molecule has 4 unspecified atom stereocenters. The second-order valence-electron chi connectivity index (χ2n) is 15.4. The lowest BCUT2D eigenvalue weighted by Crippen LogP contribution is -2.59. The van der Waals surface area contributed by atoms with Crippen molar-refractivity contribution in [3.8, 4) is 0 Å². The van der Waals surface area contributed by atoms with Gasteiger partial charge >= 0.3 is 0 Å². The number of hydrogen-bond acceptors (Lipinski definition) is 6. The maximum absolute atomic E-state index is 10.5. The summed E-state index contributed by atoms with van der Waals surface area (Å²) in [5, 5.41) is 29.8. The van der Waals surface area contributed by atoms with Gasteiger partial charge < -0.3 is 29.5 Å². The molecule has 4 atom stereocenters. The van der Waals surface area contributed by atoms with Crippen molar-refractivity contribution in [1.29, 1.82) is 0 Å². The fourth-order valence-corrected chi connectivity index (χ4v) is 11.0. The Kier molecular flexibility index (Phi) is 9.52. The van der Waals surface area contributed by atoms with Crippen molar-refractivity contribution in [2.45, 2.75) is 120 Å². The molecule has 0 aliphatic heterocycles. The van der Waals surface area contributed by atoms with E-state index in [1.54, 1.807) is 12.5 Å². The summed E-state index contributed by atoms with van der Waals surface area (Å²) in [4.78, 5) is 0. The number of aliphatic hydroxyl groups is 3. The third-order valence-corrected chi connectivity index (χ3v) is 11.6. The van der Waals surface area contributed by atoms with Crippen molar-refractivity contribution in [2.24, 2.45) is 40.9 Å². The molecule has 6 nitrogen and oxygen atoms in total. The fraction of sp³-hybridized carbons (Fsp3) is 0.829. The van der Waals surface area contributed by atoms with Crippen molar-refractivity contribution in [1.82, 2.24) is 0 Å². The third kappa shape index (κ3) is 7.36. The zero-order valence-electron chi connectivity index (χ0n) is 25.3. The molecule has 9 rings (SSSR count). The van der Waals surface area contributed by atoms with Crippen LogP contribution in [0, 0.1) is 40.9 Å². The molecule has 9 aliphatic rings.